The standard InChI is InChI=1S/C10H17N3/c1-10(2,3)13-5-4-8-9(13)7(11)6-12-8/h4-6,8-9,12H,11H2,1-3H3. The fraction of sp³-hybridized carbons (Fsp3) is 0.600. The fourth-order valence-electron chi connectivity index (χ4n) is 1.99. The van der Waals surface area contributed by atoms with Crippen molar-refractivity contribution >= 4 is 0 Å². The summed E-state index contributed by atoms with van der Waals surface area (Å²) in [5.74, 6) is 0. The van der Waals surface area contributed by atoms with E-state index in [-0.39, 0.29) is 5.54 Å². The molecule has 0 saturated carbocycles. The summed E-state index contributed by atoms with van der Waals surface area (Å²) in [4.78, 5) is 2.31. The summed E-state index contributed by atoms with van der Waals surface area (Å²) in [5.41, 5.74) is 7.00. The van der Waals surface area contributed by atoms with Crippen molar-refractivity contribution in [1.29, 1.82) is 0 Å². The van der Waals surface area contributed by atoms with Gasteiger partial charge in [-0.2, -0.15) is 0 Å². The molecule has 13 heavy (non-hydrogen) atoms. The lowest BCUT2D eigenvalue weighted by Crippen LogP contribution is -2.47. The first-order valence-electron chi connectivity index (χ1n) is 4.68. The summed E-state index contributed by atoms with van der Waals surface area (Å²) in [6.07, 6.45) is 6.23. The number of hydrogen-bond acceptors (Lipinski definition) is 3. The molecule has 2 rings (SSSR count). The van der Waals surface area contributed by atoms with Crippen LogP contribution in [-0.4, -0.2) is 22.5 Å². The SMILES string of the molecule is CC(C)(C)N1C=CC2NC=C(N)C21. The van der Waals surface area contributed by atoms with Crippen LogP contribution in [0.15, 0.2) is 24.2 Å². The normalized spacial score (nSPS) is 31.6. The van der Waals surface area contributed by atoms with E-state index in [9.17, 15) is 0 Å². The van der Waals surface area contributed by atoms with E-state index in [4.69, 9.17) is 5.73 Å². The molecule has 0 saturated heterocycles. The number of nitrogens with one attached hydrogen (secondary N) is 1. The Labute approximate surface area is 79.3 Å². The Balaban J connectivity index is 2.24. The maximum atomic E-state index is 5.92. The molecule has 3 N–H and O–H groups in total. The lowest BCUT2D eigenvalue weighted by atomic mass is 10.0. The van der Waals surface area contributed by atoms with Crippen LogP contribution in [0.25, 0.3) is 0 Å². The lowest BCUT2D eigenvalue weighted by molar-refractivity contribution is 0.173. The highest BCUT2D eigenvalue weighted by Gasteiger charge is 2.39. The van der Waals surface area contributed by atoms with E-state index < -0.39 is 0 Å². The highest BCUT2D eigenvalue weighted by atomic mass is 15.3. The second-order valence-electron chi connectivity index (χ2n) is 4.70. The van der Waals surface area contributed by atoms with E-state index in [0.29, 0.717) is 12.1 Å². The third-order valence-corrected chi connectivity index (χ3v) is 2.65. The first-order chi connectivity index (χ1) is 6.00. The van der Waals surface area contributed by atoms with Crippen molar-refractivity contribution in [3.63, 3.8) is 0 Å². The van der Waals surface area contributed by atoms with E-state index in [2.05, 4.69) is 43.3 Å². The smallest absolute Gasteiger partial charge is 0.0937 e. The molecule has 2 unspecified atom stereocenters. The van der Waals surface area contributed by atoms with Gasteiger partial charge in [-0.25, -0.2) is 0 Å². The molecule has 0 aromatic heterocycles. The average molecular weight is 179 g/mol. The van der Waals surface area contributed by atoms with Gasteiger partial charge in [0, 0.05) is 17.4 Å². The van der Waals surface area contributed by atoms with Crippen LogP contribution < -0.4 is 11.1 Å². The van der Waals surface area contributed by atoms with Gasteiger partial charge in [0.1, 0.15) is 0 Å². The second-order valence-corrected chi connectivity index (χ2v) is 4.70. The first-order valence-corrected chi connectivity index (χ1v) is 4.68. The van der Waals surface area contributed by atoms with Gasteiger partial charge in [-0.05, 0) is 33.0 Å². The Bertz CT molecular complexity index is 272. The van der Waals surface area contributed by atoms with Crippen LogP contribution in [0.3, 0.4) is 0 Å². The van der Waals surface area contributed by atoms with Crippen LogP contribution in [-0.2, 0) is 0 Å². The number of fused-ring (bicyclic) bond motifs is 1. The third kappa shape index (κ3) is 1.19. The Morgan fingerprint density at radius 3 is 2.77 bits per heavy atom. The Hall–Kier alpha value is -1.12. The van der Waals surface area contributed by atoms with Gasteiger partial charge in [0.25, 0.3) is 0 Å². The minimum absolute atomic E-state index is 0.139. The summed E-state index contributed by atoms with van der Waals surface area (Å²) in [5, 5.41) is 3.25. The largest absolute Gasteiger partial charge is 0.399 e. The number of nitrogens with two attached hydrogens (primary N) is 1. The third-order valence-electron chi connectivity index (χ3n) is 2.65. The highest BCUT2D eigenvalue weighted by molar-refractivity contribution is 5.28. The van der Waals surface area contributed by atoms with Gasteiger partial charge in [0.15, 0.2) is 0 Å². The van der Waals surface area contributed by atoms with Crippen molar-refractivity contribution in [2.45, 2.75) is 38.4 Å². The zero-order valence-electron chi connectivity index (χ0n) is 8.41. The zero-order valence-corrected chi connectivity index (χ0v) is 8.41. The minimum Gasteiger partial charge on any atom is -0.399 e. The molecular weight excluding hydrogens is 162 g/mol. The van der Waals surface area contributed by atoms with Gasteiger partial charge in [0.05, 0.1) is 12.1 Å². The summed E-state index contributed by atoms with van der Waals surface area (Å²) >= 11 is 0. The van der Waals surface area contributed by atoms with Gasteiger partial charge in [-0.15, -0.1) is 0 Å². The van der Waals surface area contributed by atoms with Crippen molar-refractivity contribution < 1.29 is 0 Å². The first kappa shape index (κ1) is 8.48. The van der Waals surface area contributed by atoms with E-state index in [1.807, 2.05) is 6.20 Å². The van der Waals surface area contributed by atoms with E-state index in [0.717, 1.165) is 5.70 Å². The molecule has 2 aliphatic heterocycles. The van der Waals surface area contributed by atoms with Crippen molar-refractivity contribution in [2.75, 3.05) is 0 Å². The predicted molar refractivity (Wildman–Crippen MR) is 53.7 cm³/mol. The minimum atomic E-state index is 0.139. The molecule has 2 atom stereocenters. The quantitative estimate of drug-likeness (QED) is 0.576. The fourth-order valence-corrected chi connectivity index (χ4v) is 1.99. The molecule has 2 heterocycles. The second kappa shape index (κ2) is 2.44. The van der Waals surface area contributed by atoms with Gasteiger partial charge >= 0.3 is 0 Å². The number of nitrogens with zero attached hydrogens (tertiary/aromatic N) is 1. The topological polar surface area (TPSA) is 41.3 Å². The van der Waals surface area contributed by atoms with E-state index in [1.165, 1.54) is 0 Å². The van der Waals surface area contributed by atoms with Crippen LogP contribution in [0.4, 0.5) is 0 Å². The molecule has 3 heteroatoms. The Kier molecular flexibility index (Phi) is 1.59. The molecule has 72 valence electrons. The van der Waals surface area contributed by atoms with E-state index >= 15 is 0 Å². The average Bonchev–Trinajstić information content (AvgIpc) is 2.51. The predicted octanol–water partition coefficient (Wildman–Crippen LogP) is 0.755. The molecular formula is C10H17N3. The number of hydrogen-bond donors (Lipinski definition) is 2. The van der Waals surface area contributed by atoms with Crippen LogP contribution in [0.2, 0.25) is 0 Å². The Morgan fingerprint density at radius 1 is 1.46 bits per heavy atom. The molecule has 0 aromatic carbocycles. The molecule has 0 spiro atoms. The van der Waals surface area contributed by atoms with Gasteiger partial charge < -0.3 is 16.0 Å². The monoisotopic (exact) mass is 179 g/mol. The Morgan fingerprint density at radius 2 is 2.15 bits per heavy atom. The van der Waals surface area contributed by atoms with Crippen LogP contribution in [0, 0.1) is 0 Å². The maximum Gasteiger partial charge on any atom is 0.0937 e. The van der Waals surface area contributed by atoms with Gasteiger partial charge in [-0.3, -0.25) is 0 Å². The molecule has 0 fully saturated rings. The van der Waals surface area contributed by atoms with Gasteiger partial charge in [0.2, 0.25) is 0 Å². The van der Waals surface area contributed by atoms with E-state index in [1.54, 1.807) is 0 Å². The van der Waals surface area contributed by atoms with Crippen molar-refractivity contribution in [2.24, 2.45) is 5.73 Å². The number of rotatable bonds is 0. The lowest BCUT2D eigenvalue weighted by Gasteiger charge is -2.37. The van der Waals surface area contributed by atoms with Gasteiger partial charge in [-0.1, -0.05) is 0 Å². The van der Waals surface area contributed by atoms with Crippen molar-refractivity contribution in [3.05, 3.63) is 24.2 Å². The summed E-state index contributed by atoms with van der Waals surface area (Å²) in [6, 6.07) is 0.694. The molecule has 3 nitrogen and oxygen atoms in total. The van der Waals surface area contributed by atoms with Crippen LogP contribution in [0.1, 0.15) is 20.8 Å². The molecule has 2 aliphatic rings. The molecule has 0 aliphatic carbocycles. The molecule has 0 amide bonds. The maximum absolute atomic E-state index is 5.92. The van der Waals surface area contributed by atoms with Crippen LogP contribution >= 0.6 is 0 Å². The highest BCUT2D eigenvalue weighted by Crippen LogP contribution is 2.30. The summed E-state index contributed by atoms with van der Waals surface area (Å²) in [6.45, 7) is 6.60. The molecule has 0 radical (unpaired) electrons. The summed E-state index contributed by atoms with van der Waals surface area (Å²) < 4.78 is 0. The van der Waals surface area contributed by atoms with Crippen molar-refractivity contribution in [3.8, 4) is 0 Å². The van der Waals surface area contributed by atoms with Crippen molar-refractivity contribution in [1.82, 2.24) is 10.2 Å². The van der Waals surface area contributed by atoms with Crippen LogP contribution in [0.5, 0.6) is 0 Å². The zero-order chi connectivity index (χ0) is 9.64. The summed E-state index contributed by atoms with van der Waals surface area (Å²) in [7, 11) is 0. The molecule has 0 bridgehead atoms. The molecule has 0 aromatic rings.